The topological polar surface area (TPSA) is 56.0 Å². The van der Waals surface area contributed by atoms with Crippen LogP contribution in [0.15, 0.2) is 0 Å². The molecule has 16 heavy (non-hydrogen) atoms. The second-order valence-corrected chi connectivity index (χ2v) is 5.30. The quantitative estimate of drug-likeness (QED) is 0.751. The Morgan fingerprint density at radius 3 is 2.62 bits per heavy atom. The Balaban J connectivity index is 2.46. The highest BCUT2D eigenvalue weighted by atomic mass is 16.3. The lowest BCUT2D eigenvalue weighted by molar-refractivity contribution is 0.190. The molecule has 1 aliphatic carbocycles. The van der Waals surface area contributed by atoms with E-state index in [-0.39, 0.29) is 24.6 Å². The first-order valence-electron chi connectivity index (χ1n) is 6.44. The van der Waals surface area contributed by atoms with Gasteiger partial charge in [-0.15, -0.1) is 0 Å². The van der Waals surface area contributed by atoms with E-state index in [0.29, 0.717) is 5.92 Å². The Morgan fingerprint density at radius 1 is 1.38 bits per heavy atom. The summed E-state index contributed by atoms with van der Waals surface area (Å²) >= 11 is 0. The molecule has 1 saturated carbocycles. The molecule has 0 heterocycles. The van der Waals surface area contributed by atoms with Gasteiger partial charge in [0.2, 0.25) is 0 Å². The zero-order valence-electron chi connectivity index (χ0n) is 10.4. The van der Waals surface area contributed by atoms with Crippen LogP contribution in [0.1, 0.15) is 46.0 Å². The zero-order chi connectivity index (χ0) is 12.0. The van der Waals surface area contributed by atoms with Crippen LogP contribution in [0.2, 0.25) is 0 Å². The average molecular weight is 224 g/mol. The van der Waals surface area contributed by atoms with Crippen molar-refractivity contribution in [3.05, 3.63) is 0 Å². The highest BCUT2D eigenvalue weighted by Gasteiger charge is 2.26. The number of nitrogens with one attached hydrogen (secondary N) is 1. The summed E-state index contributed by atoms with van der Waals surface area (Å²) in [6, 6.07) is 2.83. The number of hydrogen-bond acceptors (Lipinski definition) is 3. The van der Waals surface area contributed by atoms with Gasteiger partial charge in [0.15, 0.2) is 0 Å². The number of aliphatic hydroxyl groups excluding tert-OH is 1. The van der Waals surface area contributed by atoms with Crippen LogP contribution in [0.5, 0.6) is 0 Å². The zero-order valence-corrected chi connectivity index (χ0v) is 10.4. The minimum atomic E-state index is 0.134. The van der Waals surface area contributed by atoms with E-state index >= 15 is 0 Å². The van der Waals surface area contributed by atoms with E-state index in [1.54, 1.807) is 0 Å². The smallest absolute Gasteiger partial charge is 0.0672 e. The second kappa shape index (κ2) is 6.88. The maximum absolute atomic E-state index is 9.32. The Morgan fingerprint density at radius 2 is 2.06 bits per heavy atom. The third-order valence-electron chi connectivity index (χ3n) is 3.36. The maximum atomic E-state index is 9.32. The van der Waals surface area contributed by atoms with Gasteiger partial charge in [-0.2, -0.15) is 5.26 Å². The number of hydrogen-bond donors (Lipinski definition) is 2. The van der Waals surface area contributed by atoms with Gasteiger partial charge in [-0.25, -0.2) is 0 Å². The van der Waals surface area contributed by atoms with Crippen molar-refractivity contribution >= 4 is 0 Å². The summed E-state index contributed by atoms with van der Waals surface area (Å²) < 4.78 is 0. The Bertz CT molecular complexity index is 235. The van der Waals surface area contributed by atoms with E-state index in [1.165, 1.54) is 12.8 Å². The lowest BCUT2D eigenvalue weighted by Crippen LogP contribution is -2.46. The highest BCUT2D eigenvalue weighted by molar-refractivity contribution is 4.95. The first kappa shape index (κ1) is 13.5. The van der Waals surface area contributed by atoms with Crippen molar-refractivity contribution in [2.75, 3.05) is 6.61 Å². The van der Waals surface area contributed by atoms with Crippen LogP contribution in [0.3, 0.4) is 0 Å². The van der Waals surface area contributed by atoms with Crippen molar-refractivity contribution in [1.82, 2.24) is 5.32 Å². The summed E-state index contributed by atoms with van der Waals surface area (Å²) in [4.78, 5) is 0. The molecule has 3 unspecified atom stereocenters. The fourth-order valence-electron chi connectivity index (χ4n) is 2.55. The summed E-state index contributed by atoms with van der Waals surface area (Å²) in [6.45, 7) is 4.49. The van der Waals surface area contributed by atoms with E-state index in [1.807, 2.05) is 0 Å². The number of rotatable bonds is 5. The van der Waals surface area contributed by atoms with Crippen LogP contribution in [0, 0.1) is 23.2 Å². The normalized spacial score (nSPS) is 27.7. The number of nitrogens with zero attached hydrogens (tertiary/aromatic N) is 1. The summed E-state index contributed by atoms with van der Waals surface area (Å²) in [5, 5.41) is 21.9. The van der Waals surface area contributed by atoms with E-state index in [0.717, 1.165) is 19.3 Å². The summed E-state index contributed by atoms with van der Waals surface area (Å²) in [5.41, 5.74) is 0. The molecular weight excluding hydrogens is 200 g/mol. The van der Waals surface area contributed by atoms with Crippen molar-refractivity contribution in [1.29, 1.82) is 5.26 Å². The molecule has 0 aromatic carbocycles. The molecule has 1 rings (SSSR count). The van der Waals surface area contributed by atoms with Crippen LogP contribution in [-0.4, -0.2) is 23.8 Å². The van der Waals surface area contributed by atoms with Crippen LogP contribution >= 0.6 is 0 Å². The highest BCUT2D eigenvalue weighted by Crippen LogP contribution is 2.24. The molecule has 0 aliphatic heterocycles. The predicted molar refractivity (Wildman–Crippen MR) is 64.8 cm³/mol. The monoisotopic (exact) mass is 224 g/mol. The van der Waals surface area contributed by atoms with E-state index < -0.39 is 0 Å². The lowest BCUT2D eigenvalue weighted by atomic mass is 9.85. The average Bonchev–Trinajstić information content (AvgIpc) is 2.28. The van der Waals surface area contributed by atoms with E-state index in [2.05, 4.69) is 25.2 Å². The molecule has 3 atom stereocenters. The summed E-state index contributed by atoms with van der Waals surface area (Å²) in [7, 11) is 0. The minimum absolute atomic E-state index is 0.134. The molecule has 3 heteroatoms. The second-order valence-electron chi connectivity index (χ2n) is 5.30. The number of aliphatic hydroxyl groups is 1. The largest absolute Gasteiger partial charge is 0.395 e. The molecule has 1 aliphatic rings. The van der Waals surface area contributed by atoms with Crippen LogP contribution < -0.4 is 5.32 Å². The van der Waals surface area contributed by atoms with Gasteiger partial charge < -0.3 is 10.4 Å². The molecule has 0 amide bonds. The van der Waals surface area contributed by atoms with Gasteiger partial charge in [0, 0.05) is 12.1 Å². The van der Waals surface area contributed by atoms with E-state index in [4.69, 9.17) is 5.26 Å². The van der Waals surface area contributed by atoms with Gasteiger partial charge in [-0.3, -0.25) is 0 Å². The molecule has 0 bridgehead atoms. The molecule has 0 spiro atoms. The summed E-state index contributed by atoms with van der Waals surface area (Å²) in [5.74, 6) is 0.712. The van der Waals surface area contributed by atoms with Crippen molar-refractivity contribution in [3.8, 4) is 6.07 Å². The van der Waals surface area contributed by atoms with E-state index in [9.17, 15) is 5.11 Å². The standard InChI is InChI=1S/C13H24N2O/c1-10(2)7-12(9-16)15-13-6-4-3-5-11(13)8-14/h10-13,15-16H,3-7,9H2,1-2H3. The summed E-state index contributed by atoms with van der Waals surface area (Å²) in [6.07, 6.45) is 5.44. The Hall–Kier alpha value is -0.590. The Labute approximate surface area is 98.8 Å². The van der Waals surface area contributed by atoms with Gasteiger partial charge in [0.25, 0.3) is 0 Å². The van der Waals surface area contributed by atoms with Gasteiger partial charge in [0.1, 0.15) is 0 Å². The molecule has 0 radical (unpaired) electrons. The fraction of sp³-hybridized carbons (Fsp3) is 0.923. The van der Waals surface area contributed by atoms with Crippen LogP contribution in [0.4, 0.5) is 0 Å². The fourth-order valence-corrected chi connectivity index (χ4v) is 2.55. The molecule has 3 nitrogen and oxygen atoms in total. The third-order valence-corrected chi connectivity index (χ3v) is 3.36. The lowest BCUT2D eigenvalue weighted by Gasteiger charge is -2.31. The first-order chi connectivity index (χ1) is 7.67. The van der Waals surface area contributed by atoms with Crippen molar-refractivity contribution in [2.24, 2.45) is 11.8 Å². The molecule has 1 fully saturated rings. The van der Waals surface area contributed by atoms with Gasteiger partial charge in [0.05, 0.1) is 18.6 Å². The van der Waals surface area contributed by atoms with Gasteiger partial charge in [-0.1, -0.05) is 26.7 Å². The minimum Gasteiger partial charge on any atom is -0.395 e. The molecule has 92 valence electrons. The molecule has 2 N–H and O–H groups in total. The van der Waals surface area contributed by atoms with Crippen molar-refractivity contribution in [2.45, 2.75) is 58.0 Å². The SMILES string of the molecule is CC(C)CC(CO)NC1CCCCC1C#N. The molecule has 0 aromatic heterocycles. The molecule has 0 saturated heterocycles. The van der Waals surface area contributed by atoms with Crippen LogP contribution in [0.25, 0.3) is 0 Å². The molecular formula is C13H24N2O. The Kier molecular flexibility index (Phi) is 5.79. The predicted octanol–water partition coefficient (Wildman–Crippen LogP) is 2.07. The molecule has 0 aromatic rings. The van der Waals surface area contributed by atoms with Crippen LogP contribution in [-0.2, 0) is 0 Å². The van der Waals surface area contributed by atoms with Crippen molar-refractivity contribution < 1.29 is 5.11 Å². The van der Waals surface area contributed by atoms with Gasteiger partial charge >= 0.3 is 0 Å². The maximum Gasteiger partial charge on any atom is 0.0672 e. The third kappa shape index (κ3) is 4.11. The van der Waals surface area contributed by atoms with Crippen molar-refractivity contribution in [3.63, 3.8) is 0 Å². The first-order valence-corrected chi connectivity index (χ1v) is 6.44. The number of nitriles is 1. The van der Waals surface area contributed by atoms with Gasteiger partial charge in [-0.05, 0) is 25.2 Å².